The number of piperidine rings is 1. The molecule has 1 aromatic carbocycles. The quantitative estimate of drug-likeness (QED) is 0.553. The molecule has 3 nitrogen and oxygen atoms in total. The van der Waals surface area contributed by atoms with Crippen LogP contribution < -0.4 is 0 Å². The molecule has 2 bridgehead atoms. The van der Waals surface area contributed by atoms with Gasteiger partial charge in [0, 0.05) is 23.0 Å². The van der Waals surface area contributed by atoms with Crippen LogP contribution in [0.2, 0.25) is 5.02 Å². The number of unbranched alkanes of at least 4 members (excludes halogenated alkanes) is 2. The third-order valence-corrected chi connectivity index (χ3v) is 6.11. The van der Waals surface area contributed by atoms with E-state index in [1.807, 2.05) is 12.1 Å². The first kappa shape index (κ1) is 17.8. The Morgan fingerprint density at radius 3 is 2.67 bits per heavy atom. The molecule has 2 aliphatic heterocycles. The number of fused-ring (bicyclic) bond motifs is 2. The van der Waals surface area contributed by atoms with Gasteiger partial charge in [-0.05, 0) is 49.9 Å². The molecule has 2 fully saturated rings. The molecule has 0 amide bonds. The number of esters is 1. The molecule has 0 N–H and O–H groups in total. The van der Waals surface area contributed by atoms with Crippen LogP contribution in [0, 0.1) is 5.92 Å². The van der Waals surface area contributed by atoms with Crippen molar-refractivity contribution in [2.45, 2.75) is 63.5 Å². The summed E-state index contributed by atoms with van der Waals surface area (Å²) in [6.07, 6.45) is 7.08. The highest BCUT2D eigenvalue weighted by Gasteiger charge is 2.50. The molecule has 0 aromatic heterocycles. The Balaban J connectivity index is 1.83. The van der Waals surface area contributed by atoms with Gasteiger partial charge in [0.15, 0.2) is 0 Å². The Bertz CT molecular complexity index is 559. The summed E-state index contributed by atoms with van der Waals surface area (Å²) in [4.78, 5) is 15.2. The number of hydrogen-bond acceptors (Lipinski definition) is 3. The Hall–Kier alpha value is -1.06. The van der Waals surface area contributed by atoms with E-state index >= 15 is 0 Å². The summed E-state index contributed by atoms with van der Waals surface area (Å²) >= 11 is 6.04. The van der Waals surface area contributed by atoms with Gasteiger partial charge in [0.25, 0.3) is 0 Å². The number of benzene rings is 1. The molecule has 2 saturated heterocycles. The van der Waals surface area contributed by atoms with Crippen LogP contribution in [0.5, 0.6) is 0 Å². The van der Waals surface area contributed by atoms with Crippen molar-refractivity contribution in [1.29, 1.82) is 0 Å². The standard InChI is InChI=1S/C20H28ClNO2/c1-3-4-5-12-22-16-10-11-18(22)19(20(23)24-2)17(13-16)14-6-8-15(21)9-7-14/h6-9,16-19H,3-5,10-13H2,1-2H3. The number of halogens is 1. The summed E-state index contributed by atoms with van der Waals surface area (Å²) in [7, 11) is 1.52. The molecule has 2 aliphatic rings. The van der Waals surface area contributed by atoms with E-state index < -0.39 is 0 Å². The SMILES string of the molecule is CCCCCN1C2CCC1C(C(=O)OC)C(c1ccc(Cl)cc1)C2. The lowest BCUT2D eigenvalue weighted by atomic mass is 9.76. The van der Waals surface area contributed by atoms with Crippen molar-refractivity contribution in [2.24, 2.45) is 5.92 Å². The summed E-state index contributed by atoms with van der Waals surface area (Å²) < 4.78 is 5.20. The largest absolute Gasteiger partial charge is 0.469 e. The monoisotopic (exact) mass is 349 g/mol. The molecule has 132 valence electrons. The van der Waals surface area contributed by atoms with Crippen LogP contribution in [0.15, 0.2) is 24.3 Å². The first-order chi connectivity index (χ1) is 11.7. The first-order valence-electron chi connectivity index (χ1n) is 9.24. The molecule has 24 heavy (non-hydrogen) atoms. The zero-order chi connectivity index (χ0) is 17.1. The van der Waals surface area contributed by atoms with E-state index in [1.54, 1.807) is 0 Å². The normalized spacial score (nSPS) is 29.6. The fourth-order valence-corrected chi connectivity index (χ4v) is 4.84. The summed E-state index contributed by atoms with van der Waals surface area (Å²) in [6.45, 7) is 3.35. The molecule has 0 saturated carbocycles. The van der Waals surface area contributed by atoms with Crippen LogP contribution in [0.25, 0.3) is 0 Å². The molecule has 4 atom stereocenters. The number of rotatable bonds is 6. The molecule has 0 spiro atoms. The molecular formula is C20H28ClNO2. The van der Waals surface area contributed by atoms with Crippen molar-refractivity contribution >= 4 is 17.6 Å². The number of carbonyl (C=O) groups excluding carboxylic acids is 1. The van der Waals surface area contributed by atoms with Gasteiger partial charge in [-0.25, -0.2) is 0 Å². The highest BCUT2D eigenvalue weighted by Crippen LogP contribution is 2.47. The third kappa shape index (κ3) is 3.48. The topological polar surface area (TPSA) is 29.5 Å². The lowest BCUT2D eigenvalue weighted by Crippen LogP contribution is -2.51. The number of nitrogens with zero attached hydrogens (tertiary/aromatic N) is 1. The smallest absolute Gasteiger partial charge is 0.310 e. The van der Waals surface area contributed by atoms with E-state index in [2.05, 4.69) is 24.0 Å². The summed E-state index contributed by atoms with van der Waals surface area (Å²) in [6, 6.07) is 8.95. The van der Waals surface area contributed by atoms with E-state index in [4.69, 9.17) is 16.3 Å². The summed E-state index contributed by atoms with van der Waals surface area (Å²) in [5, 5.41) is 0.744. The number of carbonyl (C=O) groups is 1. The van der Waals surface area contributed by atoms with Crippen LogP contribution in [0.4, 0.5) is 0 Å². The van der Waals surface area contributed by atoms with Crippen molar-refractivity contribution in [2.75, 3.05) is 13.7 Å². The predicted molar refractivity (Wildman–Crippen MR) is 97.4 cm³/mol. The van der Waals surface area contributed by atoms with E-state index in [0.717, 1.165) is 24.4 Å². The average Bonchev–Trinajstić information content (AvgIpc) is 2.87. The predicted octanol–water partition coefficient (Wildman–Crippen LogP) is 4.64. The second-order valence-electron chi connectivity index (χ2n) is 7.19. The van der Waals surface area contributed by atoms with Gasteiger partial charge in [-0.2, -0.15) is 0 Å². The highest BCUT2D eigenvalue weighted by atomic mass is 35.5. The maximum atomic E-state index is 12.6. The molecule has 1 aromatic rings. The van der Waals surface area contributed by atoms with Gasteiger partial charge in [-0.15, -0.1) is 0 Å². The Morgan fingerprint density at radius 1 is 1.25 bits per heavy atom. The van der Waals surface area contributed by atoms with Crippen LogP contribution in [-0.2, 0) is 9.53 Å². The fraction of sp³-hybridized carbons (Fsp3) is 0.650. The highest BCUT2D eigenvalue weighted by molar-refractivity contribution is 6.30. The minimum Gasteiger partial charge on any atom is -0.469 e. The second kappa shape index (κ2) is 7.88. The van der Waals surface area contributed by atoms with Gasteiger partial charge in [0.05, 0.1) is 13.0 Å². The van der Waals surface area contributed by atoms with E-state index in [-0.39, 0.29) is 17.8 Å². The Kier molecular flexibility index (Phi) is 5.83. The third-order valence-electron chi connectivity index (χ3n) is 5.86. The van der Waals surface area contributed by atoms with Gasteiger partial charge in [0.1, 0.15) is 0 Å². The van der Waals surface area contributed by atoms with Gasteiger partial charge in [-0.1, -0.05) is 43.5 Å². The van der Waals surface area contributed by atoms with Crippen molar-refractivity contribution in [3.8, 4) is 0 Å². The van der Waals surface area contributed by atoms with Crippen molar-refractivity contribution in [3.63, 3.8) is 0 Å². The molecule has 4 unspecified atom stereocenters. The maximum absolute atomic E-state index is 12.6. The van der Waals surface area contributed by atoms with Crippen LogP contribution in [-0.4, -0.2) is 36.6 Å². The Morgan fingerprint density at radius 2 is 2.00 bits per heavy atom. The minimum absolute atomic E-state index is 0.0548. The van der Waals surface area contributed by atoms with E-state index in [0.29, 0.717) is 12.1 Å². The van der Waals surface area contributed by atoms with Crippen LogP contribution >= 0.6 is 11.6 Å². The van der Waals surface area contributed by atoms with Crippen LogP contribution in [0.3, 0.4) is 0 Å². The van der Waals surface area contributed by atoms with Gasteiger partial charge in [0.2, 0.25) is 0 Å². The lowest BCUT2D eigenvalue weighted by molar-refractivity contribution is -0.150. The van der Waals surface area contributed by atoms with Gasteiger partial charge >= 0.3 is 5.97 Å². The van der Waals surface area contributed by atoms with E-state index in [9.17, 15) is 4.79 Å². The number of ether oxygens (including phenoxy) is 1. The maximum Gasteiger partial charge on any atom is 0.310 e. The molecule has 4 heteroatoms. The molecule has 2 heterocycles. The molecule has 0 radical (unpaired) electrons. The fourth-order valence-electron chi connectivity index (χ4n) is 4.72. The van der Waals surface area contributed by atoms with Crippen molar-refractivity contribution in [3.05, 3.63) is 34.9 Å². The van der Waals surface area contributed by atoms with Gasteiger partial charge < -0.3 is 4.74 Å². The Labute approximate surface area is 150 Å². The van der Waals surface area contributed by atoms with Crippen LogP contribution in [0.1, 0.15) is 56.9 Å². The zero-order valence-corrected chi connectivity index (χ0v) is 15.5. The second-order valence-corrected chi connectivity index (χ2v) is 7.62. The summed E-state index contributed by atoms with van der Waals surface area (Å²) in [5.41, 5.74) is 1.22. The average molecular weight is 350 g/mol. The van der Waals surface area contributed by atoms with Gasteiger partial charge in [-0.3, -0.25) is 9.69 Å². The summed E-state index contributed by atoms with van der Waals surface area (Å²) in [5.74, 6) is 0.131. The zero-order valence-electron chi connectivity index (χ0n) is 14.7. The first-order valence-corrected chi connectivity index (χ1v) is 9.62. The van der Waals surface area contributed by atoms with Crippen molar-refractivity contribution in [1.82, 2.24) is 4.90 Å². The van der Waals surface area contributed by atoms with E-state index in [1.165, 1.54) is 38.4 Å². The lowest BCUT2D eigenvalue weighted by Gasteiger charge is -2.43. The number of methoxy groups -OCH3 is 1. The molecular weight excluding hydrogens is 322 g/mol. The minimum atomic E-state index is -0.0587. The molecule has 0 aliphatic carbocycles. The van der Waals surface area contributed by atoms with Crippen molar-refractivity contribution < 1.29 is 9.53 Å². The molecule has 3 rings (SSSR count). The number of hydrogen-bond donors (Lipinski definition) is 0.